The molecule has 2 rings (SSSR count). The van der Waals surface area contributed by atoms with E-state index in [1.165, 1.54) is 12.5 Å². The fourth-order valence-electron chi connectivity index (χ4n) is 1.98. The van der Waals surface area contributed by atoms with Crippen LogP contribution >= 0.6 is 0 Å². The lowest BCUT2D eigenvalue weighted by molar-refractivity contribution is -0.119. The van der Waals surface area contributed by atoms with Gasteiger partial charge in [0.05, 0.1) is 13.4 Å². The van der Waals surface area contributed by atoms with Gasteiger partial charge in [-0.25, -0.2) is 9.78 Å². The van der Waals surface area contributed by atoms with Crippen LogP contribution in [-0.2, 0) is 22.6 Å². The predicted octanol–water partition coefficient (Wildman–Crippen LogP) is 2.09. The number of azide groups is 1. The van der Waals surface area contributed by atoms with Gasteiger partial charge in [0.15, 0.2) is 0 Å². The number of hydrogen-bond donors (Lipinski definition) is 2. The van der Waals surface area contributed by atoms with Crippen molar-refractivity contribution in [3.63, 3.8) is 0 Å². The van der Waals surface area contributed by atoms with Crippen LogP contribution in [0.1, 0.15) is 11.3 Å². The third-order valence-electron chi connectivity index (χ3n) is 3.24. The van der Waals surface area contributed by atoms with Crippen LogP contribution in [0, 0.1) is 0 Å². The molecule has 2 N–H and O–H groups in total. The van der Waals surface area contributed by atoms with Gasteiger partial charge in [-0.3, -0.25) is 4.79 Å². The maximum atomic E-state index is 11.9. The van der Waals surface area contributed by atoms with E-state index < -0.39 is 18.0 Å². The van der Waals surface area contributed by atoms with Gasteiger partial charge in [0.2, 0.25) is 5.91 Å². The number of aromatic amines is 1. The Balaban J connectivity index is 1.93. The number of nitrogens with zero attached hydrogens (tertiary/aromatic N) is 4. The van der Waals surface area contributed by atoms with Crippen LogP contribution < -0.4 is 10.1 Å². The van der Waals surface area contributed by atoms with Crippen LogP contribution in [-0.4, -0.2) is 35.1 Å². The molecular formula is C15H16N6O4. The zero-order valence-corrected chi connectivity index (χ0v) is 13.4. The van der Waals surface area contributed by atoms with Crippen LogP contribution in [0.3, 0.4) is 0 Å². The average molecular weight is 344 g/mol. The molecule has 0 aliphatic heterocycles. The number of methoxy groups -OCH3 is 1. The Bertz CT molecular complexity index is 753. The highest BCUT2D eigenvalue weighted by Crippen LogP contribution is 2.12. The van der Waals surface area contributed by atoms with Gasteiger partial charge in [0.1, 0.15) is 18.4 Å². The fraction of sp³-hybridized carbons (Fsp3) is 0.267. The molecule has 0 saturated carbocycles. The standard InChI is InChI=1S/C15H16N6O4/c1-24-12-4-2-10(3-5-12)8-25-15(23)19-13(14(22)20-21-16)6-11-7-17-9-18-11/h2-5,7,9,13H,6,8H2,1H3,(H,17,18)(H,19,23)/t13-/m0/s1. The van der Waals surface area contributed by atoms with Crippen molar-refractivity contribution < 1.29 is 19.1 Å². The number of aromatic nitrogens is 2. The Kier molecular flexibility index (Phi) is 6.38. The Morgan fingerprint density at radius 2 is 2.16 bits per heavy atom. The van der Waals surface area contributed by atoms with Gasteiger partial charge in [-0.15, -0.1) is 0 Å². The van der Waals surface area contributed by atoms with E-state index in [4.69, 9.17) is 15.0 Å². The number of amides is 2. The van der Waals surface area contributed by atoms with E-state index in [1.54, 1.807) is 31.4 Å². The molecule has 0 saturated heterocycles. The summed E-state index contributed by atoms with van der Waals surface area (Å²) in [6, 6.07) is 5.92. The third kappa shape index (κ3) is 5.56. The van der Waals surface area contributed by atoms with Crippen LogP contribution in [0.25, 0.3) is 10.4 Å². The van der Waals surface area contributed by atoms with E-state index in [2.05, 4.69) is 25.3 Å². The summed E-state index contributed by atoms with van der Waals surface area (Å²) in [4.78, 5) is 32.8. The van der Waals surface area contributed by atoms with Gasteiger partial charge in [-0.2, -0.15) is 0 Å². The molecule has 10 heteroatoms. The Morgan fingerprint density at radius 1 is 1.40 bits per heavy atom. The average Bonchev–Trinajstić information content (AvgIpc) is 3.13. The topological polar surface area (TPSA) is 142 Å². The van der Waals surface area contributed by atoms with Crippen molar-refractivity contribution in [1.29, 1.82) is 0 Å². The zero-order chi connectivity index (χ0) is 18.1. The number of nitrogens with one attached hydrogen (secondary N) is 2. The summed E-state index contributed by atoms with van der Waals surface area (Å²) in [7, 11) is 1.56. The number of H-pyrrole nitrogens is 1. The van der Waals surface area contributed by atoms with E-state index in [0.717, 1.165) is 5.56 Å². The van der Waals surface area contributed by atoms with E-state index in [1.807, 2.05) is 0 Å². The largest absolute Gasteiger partial charge is 0.497 e. The molecule has 10 nitrogen and oxygen atoms in total. The van der Waals surface area contributed by atoms with Crippen LogP contribution in [0.2, 0.25) is 0 Å². The maximum Gasteiger partial charge on any atom is 0.408 e. The summed E-state index contributed by atoms with van der Waals surface area (Å²) in [6.45, 7) is 0.0162. The highest BCUT2D eigenvalue weighted by molar-refractivity contribution is 5.86. The molecule has 2 aromatic rings. The molecule has 0 spiro atoms. The smallest absolute Gasteiger partial charge is 0.408 e. The van der Waals surface area contributed by atoms with Crippen molar-refractivity contribution in [2.24, 2.45) is 5.11 Å². The number of benzene rings is 1. The quantitative estimate of drug-likeness (QED) is 0.449. The molecule has 130 valence electrons. The highest BCUT2D eigenvalue weighted by atomic mass is 16.5. The first kappa shape index (κ1) is 17.8. The summed E-state index contributed by atoms with van der Waals surface area (Å²) in [6.07, 6.45) is 2.23. The SMILES string of the molecule is COc1ccc(COC(=O)N[C@@H](Cc2cnc[nH]2)C(=O)N=[N+]=[N-])cc1. The lowest BCUT2D eigenvalue weighted by atomic mass is 10.1. The highest BCUT2D eigenvalue weighted by Gasteiger charge is 2.21. The number of carbonyl (C=O) groups is 2. The van der Waals surface area contributed by atoms with E-state index in [-0.39, 0.29) is 13.0 Å². The van der Waals surface area contributed by atoms with Crippen LogP contribution in [0.15, 0.2) is 41.9 Å². The van der Waals surface area contributed by atoms with Crippen molar-refractivity contribution in [2.45, 2.75) is 19.1 Å². The fourth-order valence-corrected chi connectivity index (χ4v) is 1.98. The minimum atomic E-state index is -1.06. The maximum absolute atomic E-state index is 11.9. The lowest BCUT2D eigenvalue weighted by Gasteiger charge is -2.14. The molecule has 0 radical (unpaired) electrons. The number of imidazole rings is 1. The van der Waals surface area contributed by atoms with Crippen LogP contribution in [0.5, 0.6) is 5.75 Å². The summed E-state index contributed by atoms with van der Waals surface area (Å²) in [5, 5.41) is 5.40. The van der Waals surface area contributed by atoms with Crippen molar-refractivity contribution >= 4 is 12.0 Å². The molecule has 2 amide bonds. The van der Waals surface area contributed by atoms with E-state index in [9.17, 15) is 9.59 Å². The lowest BCUT2D eigenvalue weighted by Crippen LogP contribution is -2.41. The summed E-state index contributed by atoms with van der Waals surface area (Å²) in [5.74, 6) is -0.133. The number of hydrogen-bond acceptors (Lipinski definition) is 5. The zero-order valence-electron chi connectivity index (χ0n) is 13.4. The summed E-state index contributed by atoms with van der Waals surface area (Å²) < 4.78 is 10.1. The molecule has 0 fully saturated rings. The molecule has 1 aromatic carbocycles. The van der Waals surface area contributed by atoms with E-state index >= 15 is 0 Å². The molecule has 0 bridgehead atoms. The van der Waals surface area contributed by atoms with Gasteiger partial charge < -0.3 is 19.8 Å². The molecule has 0 unspecified atom stereocenters. The van der Waals surface area contributed by atoms with Gasteiger partial charge in [-0.05, 0) is 28.3 Å². The second kappa shape index (κ2) is 8.94. The molecule has 1 aromatic heterocycles. The Labute approximate surface area is 142 Å². The minimum absolute atomic E-state index is 0.0162. The normalized spacial score (nSPS) is 11.1. The first-order chi connectivity index (χ1) is 12.1. The number of carbonyl (C=O) groups excluding carboxylic acids is 2. The molecule has 0 aliphatic rings. The third-order valence-corrected chi connectivity index (χ3v) is 3.24. The van der Waals surface area contributed by atoms with Gasteiger partial charge >= 0.3 is 6.09 Å². The Hall–Kier alpha value is -3.52. The summed E-state index contributed by atoms with van der Waals surface area (Å²) in [5.41, 5.74) is 9.75. The van der Waals surface area contributed by atoms with Crippen molar-refractivity contribution in [2.75, 3.05) is 7.11 Å². The van der Waals surface area contributed by atoms with Crippen molar-refractivity contribution in [3.05, 3.63) is 58.5 Å². The molecule has 1 heterocycles. The van der Waals surface area contributed by atoms with Crippen LogP contribution in [0.4, 0.5) is 4.79 Å². The molecular weight excluding hydrogens is 328 g/mol. The van der Waals surface area contributed by atoms with E-state index in [0.29, 0.717) is 11.4 Å². The van der Waals surface area contributed by atoms with Crippen molar-refractivity contribution in [1.82, 2.24) is 15.3 Å². The number of alkyl carbamates (subject to hydrolysis) is 1. The first-order valence-electron chi connectivity index (χ1n) is 7.24. The van der Waals surface area contributed by atoms with Gasteiger partial charge in [0.25, 0.3) is 0 Å². The molecule has 25 heavy (non-hydrogen) atoms. The second-order valence-electron chi connectivity index (χ2n) is 4.93. The number of ether oxygens (including phenoxy) is 2. The summed E-state index contributed by atoms with van der Waals surface area (Å²) >= 11 is 0. The van der Waals surface area contributed by atoms with Gasteiger partial charge in [-0.1, -0.05) is 12.1 Å². The monoisotopic (exact) mass is 344 g/mol. The second-order valence-corrected chi connectivity index (χ2v) is 4.93. The Morgan fingerprint density at radius 3 is 2.76 bits per heavy atom. The first-order valence-corrected chi connectivity index (χ1v) is 7.24. The molecule has 1 atom stereocenters. The number of rotatable bonds is 7. The molecule has 0 aliphatic carbocycles. The van der Waals surface area contributed by atoms with Crippen molar-refractivity contribution in [3.8, 4) is 5.75 Å². The minimum Gasteiger partial charge on any atom is -0.497 e. The predicted molar refractivity (Wildman–Crippen MR) is 86.5 cm³/mol. The van der Waals surface area contributed by atoms with Gasteiger partial charge in [0, 0.05) is 23.2 Å².